The molecule has 0 amide bonds. The van der Waals surface area contributed by atoms with E-state index in [0.29, 0.717) is 5.57 Å². The molecule has 0 saturated heterocycles. The van der Waals surface area contributed by atoms with Crippen LogP contribution in [0.15, 0.2) is 78.5 Å². The number of rotatable bonds is 4. The second-order valence-electron chi connectivity index (χ2n) is 7.12. The van der Waals surface area contributed by atoms with Gasteiger partial charge in [0.15, 0.2) is 0 Å². The Balaban J connectivity index is 2.40. The summed E-state index contributed by atoms with van der Waals surface area (Å²) in [7, 11) is 0. The SMILES string of the molecule is C=C(O)C1=CN(C(C)C(C)(C)C)C(/C=C/c2ccccn2)=CC1=C. The highest BCUT2D eigenvalue weighted by molar-refractivity contribution is 5.56. The lowest BCUT2D eigenvalue weighted by Gasteiger charge is -2.40. The van der Waals surface area contributed by atoms with E-state index in [1.807, 2.05) is 42.6 Å². The first-order chi connectivity index (χ1) is 11.2. The summed E-state index contributed by atoms with van der Waals surface area (Å²) in [6, 6.07) is 6.04. The highest BCUT2D eigenvalue weighted by Gasteiger charge is 2.28. The molecule has 0 bridgehead atoms. The fourth-order valence-corrected chi connectivity index (χ4v) is 2.42. The van der Waals surface area contributed by atoms with Crippen molar-refractivity contribution in [2.45, 2.75) is 33.7 Å². The molecule has 0 fully saturated rings. The number of allylic oxidation sites excluding steroid dienone is 3. The quantitative estimate of drug-likeness (QED) is 0.770. The van der Waals surface area contributed by atoms with Crippen LogP contribution in [0.25, 0.3) is 6.08 Å². The third-order valence-electron chi connectivity index (χ3n) is 4.33. The van der Waals surface area contributed by atoms with Crippen molar-refractivity contribution < 1.29 is 5.11 Å². The standard InChI is InChI=1S/C21H26N2O/c1-15-13-19(11-10-18-9-7-8-12-22-18)23(14-20(15)16(2)24)17(3)21(4,5)6/h7-14,17,24H,1-2H2,3-6H3/b11-10+. The van der Waals surface area contributed by atoms with Crippen LogP contribution in [0, 0.1) is 5.41 Å². The van der Waals surface area contributed by atoms with Gasteiger partial charge in [0, 0.05) is 29.7 Å². The van der Waals surface area contributed by atoms with E-state index in [0.717, 1.165) is 17.0 Å². The molecule has 1 N–H and O–H groups in total. The van der Waals surface area contributed by atoms with E-state index < -0.39 is 0 Å². The largest absolute Gasteiger partial charge is 0.508 e. The molecule has 1 aromatic rings. The van der Waals surface area contributed by atoms with E-state index >= 15 is 0 Å². The molecule has 24 heavy (non-hydrogen) atoms. The number of aromatic nitrogens is 1. The van der Waals surface area contributed by atoms with Crippen LogP contribution in [0.3, 0.4) is 0 Å². The van der Waals surface area contributed by atoms with E-state index in [2.05, 4.69) is 50.7 Å². The predicted octanol–water partition coefficient (Wildman–Crippen LogP) is 5.24. The first kappa shape index (κ1) is 17.8. The normalized spacial score (nSPS) is 16.8. The number of pyridine rings is 1. The summed E-state index contributed by atoms with van der Waals surface area (Å²) in [4.78, 5) is 6.48. The Morgan fingerprint density at radius 1 is 1.29 bits per heavy atom. The van der Waals surface area contributed by atoms with Gasteiger partial charge in [-0.15, -0.1) is 0 Å². The van der Waals surface area contributed by atoms with Crippen molar-refractivity contribution in [3.8, 4) is 0 Å². The van der Waals surface area contributed by atoms with E-state index in [9.17, 15) is 5.11 Å². The summed E-state index contributed by atoms with van der Waals surface area (Å²) >= 11 is 0. The van der Waals surface area contributed by atoms with Gasteiger partial charge in [0.1, 0.15) is 5.76 Å². The maximum absolute atomic E-state index is 9.84. The molecule has 1 aliphatic rings. The van der Waals surface area contributed by atoms with Gasteiger partial charge in [-0.25, -0.2) is 0 Å². The molecule has 3 heteroatoms. The van der Waals surface area contributed by atoms with E-state index in [1.54, 1.807) is 6.20 Å². The van der Waals surface area contributed by atoms with Crippen molar-refractivity contribution in [1.82, 2.24) is 9.88 Å². The molecule has 0 saturated carbocycles. The van der Waals surface area contributed by atoms with Crippen LogP contribution < -0.4 is 0 Å². The van der Waals surface area contributed by atoms with Gasteiger partial charge < -0.3 is 10.0 Å². The monoisotopic (exact) mass is 322 g/mol. The van der Waals surface area contributed by atoms with Gasteiger partial charge in [0.05, 0.1) is 5.69 Å². The Kier molecular flexibility index (Phi) is 5.13. The molecule has 2 heterocycles. The lowest BCUT2D eigenvalue weighted by atomic mass is 9.85. The predicted molar refractivity (Wildman–Crippen MR) is 101 cm³/mol. The van der Waals surface area contributed by atoms with Gasteiger partial charge in [0.25, 0.3) is 0 Å². The second-order valence-corrected chi connectivity index (χ2v) is 7.12. The first-order valence-corrected chi connectivity index (χ1v) is 8.08. The van der Waals surface area contributed by atoms with Crippen LogP contribution >= 0.6 is 0 Å². The Hall–Kier alpha value is -2.55. The van der Waals surface area contributed by atoms with E-state index in [-0.39, 0.29) is 17.2 Å². The molecule has 1 atom stereocenters. The molecule has 1 aromatic heterocycles. The maximum atomic E-state index is 9.84. The van der Waals surface area contributed by atoms with Crippen molar-refractivity contribution >= 4 is 6.08 Å². The Morgan fingerprint density at radius 3 is 2.54 bits per heavy atom. The van der Waals surface area contributed by atoms with Crippen LogP contribution in [-0.2, 0) is 0 Å². The van der Waals surface area contributed by atoms with Gasteiger partial charge in [-0.1, -0.05) is 40.0 Å². The summed E-state index contributed by atoms with van der Waals surface area (Å²) in [6.07, 6.45) is 9.69. The van der Waals surface area contributed by atoms with Crippen LogP contribution in [0.4, 0.5) is 0 Å². The Bertz CT molecular complexity index is 718. The number of hydrogen-bond acceptors (Lipinski definition) is 3. The number of aliphatic hydroxyl groups excluding tert-OH is 1. The number of nitrogens with zero attached hydrogens (tertiary/aromatic N) is 2. The van der Waals surface area contributed by atoms with E-state index in [4.69, 9.17) is 0 Å². The third kappa shape index (κ3) is 4.05. The summed E-state index contributed by atoms with van der Waals surface area (Å²) in [6.45, 7) is 16.4. The summed E-state index contributed by atoms with van der Waals surface area (Å²) < 4.78 is 0. The average molecular weight is 322 g/mol. The summed E-state index contributed by atoms with van der Waals surface area (Å²) in [5.74, 6) is 0.0371. The number of hydrogen-bond donors (Lipinski definition) is 1. The Labute approximate surface area is 145 Å². The smallest absolute Gasteiger partial charge is 0.117 e. The molecule has 3 nitrogen and oxygen atoms in total. The minimum atomic E-state index is 0.0371. The molecule has 0 aromatic carbocycles. The molecular formula is C21H26N2O. The fourth-order valence-electron chi connectivity index (χ4n) is 2.42. The van der Waals surface area contributed by atoms with Gasteiger partial charge in [0.2, 0.25) is 0 Å². The zero-order valence-electron chi connectivity index (χ0n) is 15.0. The average Bonchev–Trinajstić information content (AvgIpc) is 2.52. The fraction of sp³-hybridized carbons (Fsp3) is 0.286. The van der Waals surface area contributed by atoms with Crippen LogP contribution in [-0.4, -0.2) is 21.0 Å². The van der Waals surface area contributed by atoms with Gasteiger partial charge >= 0.3 is 0 Å². The minimum absolute atomic E-state index is 0.0371. The first-order valence-electron chi connectivity index (χ1n) is 8.08. The van der Waals surface area contributed by atoms with Crippen LogP contribution in [0.5, 0.6) is 0 Å². The molecule has 1 aliphatic heterocycles. The van der Waals surface area contributed by atoms with E-state index in [1.165, 1.54) is 0 Å². The zero-order valence-corrected chi connectivity index (χ0v) is 15.0. The van der Waals surface area contributed by atoms with Gasteiger partial charge in [-0.2, -0.15) is 0 Å². The van der Waals surface area contributed by atoms with Crippen molar-refractivity contribution in [3.05, 3.63) is 84.2 Å². The van der Waals surface area contributed by atoms with Crippen molar-refractivity contribution in [2.24, 2.45) is 5.41 Å². The lowest BCUT2D eigenvalue weighted by Crippen LogP contribution is -2.39. The molecule has 0 radical (unpaired) electrons. The van der Waals surface area contributed by atoms with Crippen molar-refractivity contribution in [1.29, 1.82) is 0 Å². The zero-order chi connectivity index (χ0) is 17.9. The lowest BCUT2D eigenvalue weighted by molar-refractivity contribution is 0.196. The van der Waals surface area contributed by atoms with Crippen molar-refractivity contribution in [3.63, 3.8) is 0 Å². The van der Waals surface area contributed by atoms with Crippen LogP contribution in [0.2, 0.25) is 0 Å². The van der Waals surface area contributed by atoms with Gasteiger partial charge in [-0.3, -0.25) is 4.98 Å². The van der Waals surface area contributed by atoms with Crippen molar-refractivity contribution in [2.75, 3.05) is 0 Å². The molecular weight excluding hydrogens is 296 g/mol. The maximum Gasteiger partial charge on any atom is 0.117 e. The second kappa shape index (κ2) is 6.91. The molecule has 0 aliphatic carbocycles. The van der Waals surface area contributed by atoms with Gasteiger partial charge in [-0.05, 0) is 48.3 Å². The highest BCUT2D eigenvalue weighted by atomic mass is 16.3. The summed E-state index contributed by atoms with van der Waals surface area (Å²) in [5.41, 5.74) is 3.39. The topological polar surface area (TPSA) is 36.4 Å². The highest BCUT2D eigenvalue weighted by Crippen LogP contribution is 2.33. The minimum Gasteiger partial charge on any atom is -0.508 e. The Morgan fingerprint density at radius 2 is 2.00 bits per heavy atom. The van der Waals surface area contributed by atoms with Crippen LogP contribution in [0.1, 0.15) is 33.4 Å². The third-order valence-corrected chi connectivity index (χ3v) is 4.33. The summed E-state index contributed by atoms with van der Waals surface area (Å²) in [5, 5.41) is 9.84. The number of aliphatic hydroxyl groups is 1. The molecule has 126 valence electrons. The molecule has 0 spiro atoms. The molecule has 2 rings (SSSR count). The molecule has 1 unspecified atom stereocenters.